The number of nitrogens with zero attached hydrogens (tertiary/aromatic N) is 3. The molecule has 16 heavy (non-hydrogen) atoms. The minimum absolute atomic E-state index is 0.698. The van der Waals surface area contributed by atoms with Crippen LogP contribution in [0.5, 0.6) is 0 Å². The van der Waals surface area contributed by atoms with Gasteiger partial charge in [0.05, 0.1) is 0 Å². The molecule has 0 saturated heterocycles. The summed E-state index contributed by atoms with van der Waals surface area (Å²) in [5.41, 5.74) is 0.966. The second kappa shape index (κ2) is 3.33. The average Bonchev–Trinajstić information content (AvgIpc) is 2.77. The Bertz CT molecular complexity index is 541. The van der Waals surface area contributed by atoms with Gasteiger partial charge in [0.1, 0.15) is 6.20 Å². The van der Waals surface area contributed by atoms with Crippen LogP contribution in [0.1, 0.15) is 0 Å². The Kier molecular flexibility index (Phi) is 1.95. The molecule has 3 rings (SSSR count). The summed E-state index contributed by atoms with van der Waals surface area (Å²) in [7, 11) is -1.82. The number of fused-ring (bicyclic) bond motifs is 3. The van der Waals surface area contributed by atoms with Gasteiger partial charge < -0.3 is 14.8 Å². The molecule has 0 unspecified atom stereocenters. The zero-order valence-electron chi connectivity index (χ0n) is 8.39. The predicted octanol–water partition coefficient (Wildman–Crippen LogP) is -2.05. The van der Waals surface area contributed by atoms with Gasteiger partial charge >= 0.3 is 18.8 Å². The molecule has 7 heteroatoms. The van der Waals surface area contributed by atoms with Crippen molar-refractivity contribution in [2.45, 2.75) is 6.67 Å². The quantitative estimate of drug-likeness (QED) is 0.385. The SMILES string of the molecule is OB(O)On1cc[n+]2c1-c1cccc[n+]1C2. The smallest absolute Gasteiger partial charge is 0.388 e. The third-order valence-electron chi connectivity index (χ3n) is 2.55. The van der Waals surface area contributed by atoms with E-state index in [4.69, 9.17) is 14.8 Å². The van der Waals surface area contributed by atoms with E-state index in [1.54, 1.807) is 6.20 Å². The Hall–Kier alpha value is -1.86. The Balaban J connectivity index is 2.10. The third-order valence-corrected chi connectivity index (χ3v) is 2.55. The van der Waals surface area contributed by atoms with E-state index in [9.17, 15) is 0 Å². The normalized spacial score (nSPS) is 12.1. The highest BCUT2D eigenvalue weighted by Gasteiger charge is 2.38. The second-order valence-corrected chi connectivity index (χ2v) is 3.55. The molecule has 6 nitrogen and oxygen atoms in total. The molecule has 0 bridgehead atoms. The molecule has 0 aromatic carbocycles. The molecule has 3 heterocycles. The van der Waals surface area contributed by atoms with Crippen molar-refractivity contribution < 1.29 is 23.9 Å². The lowest BCUT2D eigenvalue weighted by Crippen LogP contribution is -2.44. The van der Waals surface area contributed by atoms with Crippen LogP contribution in [0, 0.1) is 0 Å². The molecule has 0 aliphatic carbocycles. The van der Waals surface area contributed by atoms with E-state index in [-0.39, 0.29) is 0 Å². The highest BCUT2D eigenvalue weighted by atomic mass is 16.7. The molecule has 0 spiro atoms. The molecule has 2 aromatic rings. The number of aromatic nitrogens is 3. The van der Waals surface area contributed by atoms with Crippen molar-refractivity contribution in [2.24, 2.45) is 0 Å². The molecule has 1 aliphatic heterocycles. The fourth-order valence-corrected chi connectivity index (χ4v) is 1.94. The molecule has 1 aliphatic rings. The van der Waals surface area contributed by atoms with Crippen LogP contribution in [0.2, 0.25) is 0 Å². The molecule has 80 valence electrons. The van der Waals surface area contributed by atoms with E-state index < -0.39 is 7.32 Å². The molecule has 0 atom stereocenters. The lowest BCUT2D eigenvalue weighted by atomic mass is 10.3. The van der Waals surface area contributed by atoms with E-state index in [1.165, 1.54) is 4.73 Å². The molecular weight excluding hydrogens is 209 g/mol. The highest BCUT2D eigenvalue weighted by molar-refractivity contribution is 6.32. The number of hydrogen-bond acceptors (Lipinski definition) is 3. The summed E-state index contributed by atoms with van der Waals surface area (Å²) in [6.45, 7) is 0.698. The maximum absolute atomic E-state index is 8.80. The lowest BCUT2D eigenvalue weighted by molar-refractivity contribution is -0.876. The lowest BCUT2D eigenvalue weighted by Gasteiger charge is -1.97. The summed E-state index contributed by atoms with van der Waals surface area (Å²) >= 11 is 0. The van der Waals surface area contributed by atoms with Crippen molar-refractivity contribution in [3.63, 3.8) is 0 Å². The van der Waals surface area contributed by atoms with E-state index in [2.05, 4.69) is 0 Å². The average molecular weight is 219 g/mol. The molecule has 0 fully saturated rings. The summed E-state index contributed by atoms with van der Waals surface area (Å²) < 4.78 is 10.2. The minimum atomic E-state index is -1.82. The first kappa shape index (κ1) is 9.38. The van der Waals surface area contributed by atoms with Gasteiger partial charge in [0, 0.05) is 12.1 Å². The van der Waals surface area contributed by atoms with Crippen LogP contribution >= 0.6 is 0 Å². The summed E-state index contributed by atoms with van der Waals surface area (Å²) in [4.78, 5) is 0. The van der Waals surface area contributed by atoms with Gasteiger partial charge in [0.25, 0.3) is 6.67 Å². The van der Waals surface area contributed by atoms with Crippen molar-refractivity contribution >= 4 is 7.32 Å². The van der Waals surface area contributed by atoms with Crippen LogP contribution < -0.4 is 13.9 Å². The zero-order valence-corrected chi connectivity index (χ0v) is 8.39. The van der Waals surface area contributed by atoms with Gasteiger partial charge in [-0.1, -0.05) is 4.73 Å². The van der Waals surface area contributed by atoms with Gasteiger partial charge in [-0.15, -0.1) is 0 Å². The number of hydrogen-bond donors (Lipinski definition) is 2. The largest absolute Gasteiger partial charge is 0.747 e. The first-order chi connectivity index (χ1) is 7.75. The fraction of sp³-hybridized carbons (Fsp3) is 0.111. The van der Waals surface area contributed by atoms with Gasteiger partial charge in [-0.05, 0) is 6.07 Å². The molecule has 0 radical (unpaired) electrons. The van der Waals surface area contributed by atoms with Crippen LogP contribution in [0.25, 0.3) is 11.5 Å². The first-order valence-corrected chi connectivity index (χ1v) is 4.88. The van der Waals surface area contributed by atoms with Gasteiger partial charge in [-0.2, -0.15) is 9.13 Å². The standard InChI is InChI=1S/C9H10BN3O3/c14-10(15)16-13-6-5-12-7-11-4-2-1-3-8(11)9(12)13/h1-6,14-15H,7H2/q+2. The molecule has 2 aromatic heterocycles. The van der Waals surface area contributed by atoms with Crippen LogP contribution in [0.4, 0.5) is 0 Å². The zero-order chi connectivity index (χ0) is 11.1. The van der Waals surface area contributed by atoms with Crippen LogP contribution in [-0.2, 0) is 6.67 Å². The van der Waals surface area contributed by atoms with Crippen LogP contribution in [0.3, 0.4) is 0 Å². The Morgan fingerprint density at radius 1 is 1.25 bits per heavy atom. The summed E-state index contributed by atoms with van der Waals surface area (Å²) in [5, 5.41) is 17.6. The van der Waals surface area contributed by atoms with E-state index in [0.717, 1.165) is 11.5 Å². The van der Waals surface area contributed by atoms with Crippen molar-refractivity contribution in [3.8, 4) is 11.5 Å². The van der Waals surface area contributed by atoms with E-state index in [0.29, 0.717) is 6.67 Å². The summed E-state index contributed by atoms with van der Waals surface area (Å²) in [6, 6.07) is 5.82. The second-order valence-electron chi connectivity index (χ2n) is 3.55. The molecule has 2 N–H and O–H groups in total. The van der Waals surface area contributed by atoms with Crippen LogP contribution in [0.15, 0.2) is 36.8 Å². The number of imidazole rings is 1. The van der Waals surface area contributed by atoms with Gasteiger partial charge in [-0.3, -0.25) is 0 Å². The van der Waals surface area contributed by atoms with Crippen molar-refractivity contribution in [1.82, 2.24) is 4.73 Å². The van der Waals surface area contributed by atoms with Crippen molar-refractivity contribution in [3.05, 3.63) is 36.8 Å². The third kappa shape index (κ3) is 1.29. The predicted molar refractivity (Wildman–Crippen MR) is 52.4 cm³/mol. The highest BCUT2D eigenvalue weighted by Crippen LogP contribution is 2.13. The molecular formula is C9H10BN3O3+2. The van der Waals surface area contributed by atoms with Gasteiger partial charge in [0.2, 0.25) is 0 Å². The first-order valence-electron chi connectivity index (χ1n) is 4.88. The van der Waals surface area contributed by atoms with E-state index in [1.807, 2.05) is 39.7 Å². The molecule has 0 saturated carbocycles. The Labute approximate surface area is 91.7 Å². The fourth-order valence-electron chi connectivity index (χ4n) is 1.94. The maximum atomic E-state index is 8.80. The van der Waals surface area contributed by atoms with E-state index >= 15 is 0 Å². The summed E-state index contributed by atoms with van der Waals surface area (Å²) in [5.74, 6) is 0.786. The summed E-state index contributed by atoms with van der Waals surface area (Å²) in [6.07, 6.45) is 5.43. The van der Waals surface area contributed by atoms with Gasteiger partial charge in [-0.25, -0.2) is 0 Å². The van der Waals surface area contributed by atoms with Gasteiger partial charge in [0.15, 0.2) is 12.4 Å². The monoisotopic (exact) mass is 219 g/mol. The number of pyridine rings is 1. The maximum Gasteiger partial charge on any atom is 0.747 e. The topological polar surface area (TPSA) is 62.4 Å². The Morgan fingerprint density at radius 3 is 2.94 bits per heavy atom. The van der Waals surface area contributed by atoms with Crippen molar-refractivity contribution in [2.75, 3.05) is 0 Å². The van der Waals surface area contributed by atoms with Crippen molar-refractivity contribution in [1.29, 1.82) is 0 Å². The molecule has 0 amide bonds. The Morgan fingerprint density at radius 2 is 2.12 bits per heavy atom. The minimum Gasteiger partial charge on any atom is -0.388 e. The number of rotatable bonds is 2. The van der Waals surface area contributed by atoms with Crippen LogP contribution in [-0.4, -0.2) is 22.1 Å².